The van der Waals surface area contributed by atoms with Crippen molar-refractivity contribution in [3.8, 4) is 16.9 Å². The second-order valence-corrected chi connectivity index (χ2v) is 11.7. The first-order chi connectivity index (χ1) is 21.4. The van der Waals surface area contributed by atoms with Crippen molar-refractivity contribution in [2.45, 2.75) is 51.7 Å². The Balaban J connectivity index is 1.51. The quantitative estimate of drug-likeness (QED) is 0.185. The molecular formula is C32H39N7O6. The fourth-order valence-electron chi connectivity index (χ4n) is 4.61. The monoisotopic (exact) mass is 617 g/mol. The summed E-state index contributed by atoms with van der Waals surface area (Å²) >= 11 is 0. The molecule has 0 spiro atoms. The number of aliphatic hydroxyl groups excluding tert-OH is 1. The summed E-state index contributed by atoms with van der Waals surface area (Å²) in [6, 6.07) is 9.30. The molecule has 0 radical (unpaired) electrons. The molecule has 45 heavy (non-hydrogen) atoms. The number of phenolic OH excluding ortho intramolecular Hbond substituents is 1. The van der Waals surface area contributed by atoms with E-state index in [0.29, 0.717) is 23.8 Å². The van der Waals surface area contributed by atoms with Crippen LogP contribution in [0, 0.1) is 0 Å². The molecule has 0 bridgehead atoms. The molecule has 1 unspecified atom stereocenters. The van der Waals surface area contributed by atoms with E-state index in [2.05, 4.69) is 57.0 Å². The molecule has 2 amide bonds. The van der Waals surface area contributed by atoms with Gasteiger partial charge in [0.25, 0.3) is 5.91 Å². The molecule has 6 N–H and O–H groups in total. The second kappa shape index (κ2) is 14.6. The molecule has 3 aromatic rings. The fourth-order valence-corrected chi connectivity index (χ4v) is 4.61. The number of carbonyl (C=O) groups is 3. The van der Waals surface area contributed by atoms with Crippen LogP contribution in [0.15, 0.2) is 60.1 Å². The number of benzene rings is 2. The SMILES string of the molecule is CCOC(=O)C[C@H](NC(=O)CNC(=O)c1cc(O)cc(NC2=NCC(O)CN2)c1)c1cc(-c2cncnc2)cc(C(C)(C)C)c1. The molecule has 2 atom stereocenters. The maximum Gasteiger partial charge on any atom is 0.308 e. The van der Waals surface area contributed by atoms with Gasteiger partial charge in [-0.25, -0.2) is 9.97 Å². The van der Waals surface area contributed by atoms with Gasteiger partial charge in [0.15, 0.2) is 5.96 Å². The van der Waals surface area contributed by atoms with Gasteiger partial charge >= 0.3 is 5.97 Å². The molecule has 0 saturated carbocycles. The molecular weight excluding hydrogens is 578 g/mol. The molecule has 238 valence electrons. The molecule has 1 aromatic heterocycles. The number of nitrogens with zero attached hydrogens (tertiary/aromatic N) is 3. The predicted octanol–water partition coefficient (Wildman–Crippen LogP) is 2.42. The standard InChI is InChI=1S/C32H39N7O6/c1-5-45-29(43)12-27(20-6-19(22-13-33-18-34-14-22)7-23(8-20)32(2,3)4)39-28(42)17-35-30(44)21-9-24(11-25(40)10-21)38-31-36-15-26(41)16-37-31/h6-11,13-14,18,26-27,40-41H,5,12,15-17H2,1-4H3,(H,35,44)(H,39,42)(H2,36,37,38)/t27-/m0/s1. The maximum atomic E-state index is 13.2. The van der Waals surface area contributed by atoms with Crippen molar-refractivity contribution in [1.29, 1.82) is 0 Å². The van der Waals surface area contributed by atoms with Crippen LogP contribution in [0.3, 0.4) is 0 Å². The van der Waals surface area contributed by atoms with Crippen molar-refractivity contribution in [3.05, 3.63) is 71.8 Å². The lowest BCUT2D eigenvalue weighted by atomic mass is 9.83. The normalized spacial score (nSPS) is 15.2. The minimum absolute atomic E-state index is 0.109. The van der Waals surface area contributed by atoms with E-state index >= 15 is 0 Å². The molecule has 2 aromatic carbocycles. The van der Waals surface area contributed by atoms with Crippen molar-refractivity contribution in [1.82, 2.24) is 25.9 Å². The maximum absolute atomic E-state index is 13.2. The number of aliphatic hydroxyl groups is 1. The van der Waals surface area contributed by atoms with Crippen LogP contribution in [-0.2, 0) is 19.7 Å². The second-order valence-electron chi connectivity index (χ2n) is 11.7. The Bertz CT molecular complexity index is 1560. The van der Waals surface area contributed by atoms with Crippen LogP contribution >= 0.6 is 0 Å². The van der Waals surface area contributed by atoms with Crippen molar-refractivity contribution in [2.75, 3.05) is 31.6 Å². The molecule has 0 fully saturated rings. The summed E-state index contributed by atoms with van der Waals surface area (Å²) < 4.78 is 5.19. The van der Waals surface area contributed by atoms with Gasteiger partial charge in [-0.3, -0.25) is 19.4 Å². The van der Waals surface area contributed by atoms with Gasteiger partial charge in [-0.05, 0) is 47.2 Å². The van der Waals surface area contributed by atoms with Crippen LogP contribution in [0.2, 0.25) is 0 Å². The highest BCUT2D eigenvalue weighted by Gasteiger charge is 2.24. The summed E-state index contributed by atoms with van der Waals surface area (Å²) in [5.74, 6) is -1.38. The summed E-state index contributed by atoms with van der Waals surface area (Å²) in [6.45, 7) is 8.24. The van der Waals surface area contributed by atoms with Gasteiger partial charge in [0, 0.05) is 41.8 Å². The summed E-state index contributed by atoms with van der Waals surface area (Å²) in [6.07, 6.45) is 4.12. The molecule has 1 aliphatic heterocycles. The summed E-state index contributed by atoms with van der Waals surface area (Å²) in [7, 11) is 0. The van der Waals surface area contributed by atoms with E-state index in [1.54, 1.807) is 19.3 Å². The van der Waals surface area contributed by atoms with Crippen LogP contribution < -0.4 is 21.3 Å². The number of amides is 2. The minimum Gasteiger partial charge on any atom is -0.508 e. The number of carbonyl (C=O) groups excluding carboxylic acids is 3. The molecule has 13 heteroatoms. The van der Waals surface area contributed by atoms with Gasteiger partial charge < -0.3 is 36.2 Å². The zero-order valence-corrected chi connectivity index (χ0v) is 25.8. The Morgan fingerprint density at radius 3 is 2.49 bits per heavy atom. The molecule has 13 nitrogen and oxygen atoms in total. The van der Waals surface area contributed by atoms with Gasteiger partial charge in [-0.1, -0.05) is 32.9 Å². The summed E-state index contributed by atoms with van der Waals surface area (Å²) in [5.41, 5.74) is 3.52. The largest absolute Gasteiger partial charge is 0.508 e. The molecule has 0 aliphatic carbocycles. The Kier molecular flexibility index (Phi) is 10.7. The predicted molar refractivity (Wildman–Crippen MR) is 169 cm³/mol. The van der Waals surface area contributed by atoms with Crippen molar-refractivity contribution in [3.63, 3.8) is 0 Å². The third-order valence-corrected chi connectivity index (χ3v) is 6.95. The number of rotatable bonds is 10. The van der Waals surface area contributed by atoms with Crippen LogP contribution in [0.1, 0.15) is 61.6 Å². The van der Waals surface area contributed by atoms with Crippen molar-refractivity contribution < 1.29 is 29.3 Å². The zero-order valence-electron chi connectivity index (χ0n) is 25.8. The topological polar surface area (TPSA) is 187 Å². The number of ether oxygens (including phenoxy) is 1. The number of phenols is 1. The molecule has 4 rings (SSSR count). The number of aliphatic imine (C=N–C) groups is 1. The Hall–Kier alpha value is -5.04. The number of anilines is 1. The third-order valence-electron chi connectivity index (χ3n) is 6.95. The number of hydrogen-bond donors (Lipinski definition) is 6. The highest BCUT2D eigenvalue weighted by molar-refractivity contribution is 6.00. The summed E-state index contributed by atoms with van der Waals surface area (Å²) in [5, 5.41) is 31.1. The van der Waals surface area contributed by atoms with E-state index in [0.717, 1.165) is 16.7 Å². The van der Waals surface area contributed by atoms with Crippen LogP contribution in [-0.4, -0.2) is 76.3 Å². The highest BCUT2D eigenvalue weighted by atomic mass is 16.5. The first kappa shape index (κ1) is 32.9. The average molecular weight is 618 g/mol. The van der Waals surface area contributed by atoms with E-state index in [1.807, 2.05) is 18.2 Å². The highest BCUT2D eigenvalue weighted by Crippen LogP contribution is 2.32. The lowest BCUT2D eigenvalue weighted by Gasteiger charge is -2.25. The van der Waals surface area contributed by atoms with Gasteiger partial charge in [0.1, 0.15) is 12.1 Å². The van der Waals surface area contributed by atoms with E-state index in [-0.39, 0.29) is 42.8 Å². The van der Waals surface area contributed by atoms with Crippen molar-refractivity contribution in [2.24, 2.45) is 4.99 Å². The van der Waals surface area contributed by atoms with Crippen LogP contribution in [0.25, 0.3) is 11.1 Å². The minimum atomic E-state index is -0.752. The van der Waals surface area contributed by atoms with Gasteiger partial charge in [0.2, 0.25) is 5.91 Å². The number of guanidine groups is 1. The van der Waals surface area contributed by atoms with Crippen molar-refractivity contribution >= 4 is 29.4 Å². The smallest absolute Gasteiger partial charge is 0.308 e. The zero-order chi connectivity index (χ0) is 32.6. The van der Waals surface area contributed by atoms with E-state index < -0.39 is 29.9 Å². The van der Waals surface area contributed by atoms with Gasteiger partial charge in [0.05, 0.1) is 38.3 Å². The number of hydrogen-bond acceptors (Lipinski definition) is 11. The van der Waals surface area contributed by atoms with Crippen LogP contribution in [0.5, 0.6) is 5.75 Å². The first-order valence-corrected chi connectivity index (χ1v) is 14.6. The molecule has 1 aliphatic rings. The number of aromatic hydroxyl groups is 1. The molecule has 2 heterocycles. The van der Waals surface area contributed by atoms with E-state index in [4.69, 9.17) is 4.74 Å². The van der Waals surface area contributed by atoms with E-state index in [9.17, 15) is 24.6 Å². The number of aromatic nitrogens is 2. The average Bonchev–Trinajstić information content (AvgIpc) is 3.00. The molecule has 0 saturated heterocycles. The number of β-amino-alcohol motifs (C(OH)–C–C–N with tert-alkyl or cyclic N) is 1. The first-order valence-electron chi connectivity index (χ1n) is 14.6. The van der Waals surface area contributed by atoms with Crippen LogP contribution in [0.4, 0.5) is 5.69 Å². The summed E-state index contributed by atoms with van der Waals surface area (Å²) in [4.78, 5) is 51.1. The lowest BCUT2D eigenvalue weighted by molar-refractivity contribution is -0.143. The third kappa shape index (κ3) is 9.47. The number of esters is 1. The van der Waals surface area contributed by atoms with Gasteiger partial charge in [-0.2, -0.15) is 0 Å². The Morgan fingerprint density at radius 2 is 1.82 bits per heavy atom. The number of nitrogens with one attached hydrogen (secondary N) is 4. The van der Waals surface area contributed by atoms with E-state index in [1.165, 1.54) is 24.5 Å². The Labute approximate surface area is 261 Å². The van der Waals surface area contributed by atoms with Gasteiger partial charge in [-0.15, -0.1) is 0 Å². The Morgan fingerprint density at radius 1 is 1.07 bits per heavy atom. The fraction of sp³-hybridized carbons (Fsp3) is 0.375. The lowest BCUT2D eigenvalue weighted by Crippen LogP contribution is -2.42.